The fourth-order valence-electron chi connectivity index (χ4n) is 4.09. The molecule has 1 aromatic carbocycles. The molecule has 2 aliphatic rings. The Bertz CT molecular complexity index is 981. The van der Waals surface area contributed by atoms with E-state index in [0.29, 0.717) is 5.13 Å². The fourth-order valence-corrected chi connectivity index (χ4v) is 6.11. The average molecular weight is 477 g/mol. The minimum atomic E-state index is -0.485. The number of thiazole rings is 1. The van der Waals surface area contributed by atoms with Gasteiger partial charge in [-0.2, -0.15) is 0 Å². The number of rotatable bonds is 7. The molecular formula is C21H28N6O3S2. The number of unbranched alkanes of at least 4 members (excludes halogenated alkanes) is 1. The number of fused-ring (bicyclic) bond motifs is 2. The second-order valence-corrected chi connectivity index (χ2v) is 10.2. The molecule has 2 aromatic rings. The molecule has 4 rings (SSSR count). The van der Waals surface area contributed by atoms with Crippen LogP contribution in [0.1, 0.15) is 26.2 Å². The van der Waals surface area contributed by atoms with E-state index in [9.17, 15) is 14.4 Å². The van der Waals surface area contributed by atoms with Crippen LogP contribution in [0.15, 0.2) is 24.3 Å². The van der Waals surface area contributed by atoms with Crippen LogP contribution < -0.4 is 16.0 Å². The Morgan fingerprint density at radius 2 is 2.03 bits per heavy atom. The van der Waals surface area contributed by atoms with Crippen molar-refractivity contribution in [2.75, 3.05) is 25.2 Å². The number of hydrogen-bond donors (Lipinski definition) is 3. The van der Waals surface area contributed by atoms with E-state index in [2.05, 4.69) is 27.9 Å². The molecular weight excluding hydrogens is 448 g/mol. The molecule has 11 heteroatoms. The predicted molar refractivity (Wildman–Crippen MR) is 127 cm³/mol. The molecule has 0 aliphatic carbocycles. The first kappa shape index (κ1) is 23.0. The lowest BCUT2D eigenvalue weighted by molar-refractivity contribution is -0.140. The van der Waals surface area contributed by atoms with E-state index in [0.717, 1.165) is 34.4 Å². The van der Waals surface area contributed by atoms with Crippen molar-refractivity contribution in [3.8, 4) is 0 Å². The third-order valence-corrected chi connectivity index (χ3v) is 7.98. The van der Waals surface area contributed by atoms with Crippen LogP contribution in [0.2, 0.25) is 0 Å². The second-order valence-electron chi connectivity index (χ2n) is 8.06. The van der Waals surface area contributed by atoms with Gasteiger partial charge in [-0.3, -0.25) is 25.1 Å². The van der Waals surface area contributed by atoms with Gasteiger partial charge >= 0.3 is 6.03 Å². The number of hydrogen-bond acceptors (Lipinski definition) is 8. The lowest BCUT2D eigenvalue weighted by Crippen LogP contribution is -2.74. The number of carbonyl (C=O) groups is 3. The summed E-state index contributed by atoms with van der Waals surface area (Å²) in [5.74, 6) is -0.722. The highest BCUT2D eigenvalue weighted by molar-refractivity contribution is 8.00. The van der Waals surface area contributed by atoms with Gasteiger partial charge in [0.15, 0.2) is 5.13 Å². The van der Waals surface area contributed by atoms with Crippen LogP contribution in [-0.4, -0.2) is 70.2 Å². The molecule has 4 unspecified atom stereocenters. The summed E-state index contributed by atoms with van der Waals surface area (Å²) in [6.07, 6.45) is 2.50. The summed E-state index contributed by atoms with van der Waals surface area (Å²) in [4.78, 5) is 45.2. The maximum absolute atomic E-state index is 13.0. The molecule has 3 heterocycles. The van der Waals surface area contributed by atoms with Crippen molar-refractivity contribution in [3.05, 3.63) is 24.3 Å². The zero-order chi connectivity index (χ0) is 22.8. The van der Waals surface area contributed by atoms with E-state index in [1.165, 1.54) is 30.1 Å². The number of anilines is 1. The summed E-state index contributed by atoms with van der Waals surface area (Å²) in [6.45, 7) is 2.12. The summed E-state index contributed by atoms with van der Waals surface area (Å²) in [5.41, 5.74) is 0.852. The van der Waals surface area contributed by atoms with Crippen LogP contribution in [0.3, 0.4) is 0 Å². The molecule has 0 spiro atoms. The quantitative estimate of drug-likeness (QED) is 0.564. The Balaban J connectivity index is 1.44. The van der Waals surface area contributed by atoms with Crippen LogP contribution in [0.4, 0.5) is 9.93 Å². The zero-order valence-electron chi connectivity index (χ0n) is 18.3. The van der Waals surface area contributed by atoms with Gasteiger partial charge < -0.3 is 10.2 Å². The lowest BCUT2D eigenvalue weighted by Gasteiger charge is -2.50. The maximum Gasteiger partial charge on any atom is 0.327 e. The zero-order valence-corrected chi connectivity index (χ0v) is 20.0. The van der Waals surface area contributed by atoms with Gasteiger partial charge in [0.2, 0.25) is 11.8 Å². The van der Waals surface area contributed by atoms with Crippen LogP contribution in [0.25, 0.3) is 10.2 Å². The van der Waals surface area contributed by atoms with Crippen LogP contribution in [-0.2, 0) is 9.59 Å². The molecule has 9 nitrogen and oxygen atoms in total. The number of urea groups is 1. The SMILES string of the molecule is CCCCC1NC(SCC(=O)Nc2nc3ccccc3s2)C2C(=O)N(C)C(=O)N(C)C2N1. The summed E-state index contributed by atoms with van der Waals surface area (Å²) in [6, 6.07) is 7.41. The summed E-state index contributed by atoms with van der Waals surface area (Å²) in [7, 11) is 3.21. The Hall–Kier alpha value is -2.21. The smallest absolute Gasteiger partial charge is 0.311 e. The molecule has 4 atom stereocenters. The van der Waals surface area contributed by atoms with Crippen LogP contribution >= 0.6 is 23.1 Å². The molecule has 3 N–H and O–H groups in total. The summed E-state index contributed by atoms with van der Waals surface area (Å²) >= 11 is 2.82. The standard InChI is InChI=1S/C21H28N6O3S2/c1-4-5-10-14-23-17-16(19(29)27(3)21(30)26(17)2)18(24-14)31-11-15(28)25-20-22-12-8-6-7-9-13(12)32-20/h6-9,14,16-18,23-24H,4-5,10-11H2,1-3H3,(H,22,25,28). The number of thioether (sulfide) groups is 1. The second kappa shape index (κ2) is 9.74. The molecule has 2 fully saturated rings. The van der Waals surface area contributed by atoms with Crippen molar-refractivity contribution in [1.82, 2.24) is 25.4 Å². The minimum absolute atomic E-state index is 0.0347. The van der Waals surface area contributed by atoms with Crippen molar-refractivity contribution < 1.29 is 14.4 Å². The number of carbonyl (C=O) groups excluding carboxylic acids is 3. The molecule has 172 valence electrons. The normalized spacial score (nSPS) is 25.8. The predicted octanol–water partition coefficient (Wildman–Crippen LogP) is 2.47. The Labute approximate surface area is 195 Å². The highest BCUT2D eigenvalue weighted by Gasteiger charge is 2.50. The number of amides is 4. The highest BCUT2D eigenvalue weighted by Crippen LogP contribution is 2.32. The third kappa shape index (κ3) is 4.61. The largest absolute Gasteiger partial charge is 0.327 e. The van der Waals surface area contributed by atoms with Gasteiger partial charge in [-0.1, -0.05) is 43.2 Å². The minimum Gasteiger partial charge on any atom is -0.311 e. The number of nitrogens with zero attached hydrogens (tertiary/aromatic N) is 3. The molecule has 2 aliphatic heterocycles. The highest BCUT2D eigenvalue weighted by atomic mass is 32.2. The van der Waals surface area contributed by atoms with Crippen LogP contribution in [0, 0.1) is 5.92 Å². The number of aromatic nitrogens is 1. The van der Waals surface area contributed by atoms with Gasteiger partial charge in [0.05, 0.1) is 39.6 Å². The Morgan fingerprint density at radius 3 is 2.78 bits per heavy atom. The lowest BCUT2D eigenvalue weighted by atomic mass is 9.96. The van der Waals surface area contributed by atoms with Gasteiger partial charge in [0.1, 0.15) is 0 Å². The average Bonchev–Trinajstić information content (AvgIpc) is 3.20. The Morgan fingerprint density at radius 1 is 1.25 bits per heavy atom. The maximum atomic E-state index is 13.0. The fraction of sp³-hybridized carbons (Fsp3) is 0.524. The summed E-state index contributed by atoms with van der Waals surface area (Å²) in [5, 5.41) is 10.0. The third-order valence-electron chi connectivity index (χ3n) is 5.81. The van der Waals surface area contributed by atoms with E-state index >= 15 is 0 Å². The summed E-state index contributed by atoms with van der Waals surface area (Å²) < 4.78 is 1.01. The molecule has 32 heavy (non-hydrogen) atoms. The number of nitrogens with one attached hydrogen (secondary N) is 3. The van der Waals surface area contributed by atoms with Crippen LogP contribution in [0.5, 0.6) is 0 Å². The first-order valence-electron chi connectivity index (χ1n) is 10.7. The van der Waals surface area contributed by atoms with E-state index < -0.39 is 12.1 Å². The molecule has 0 bridgehead atoms. The van der Waals surface area contributed by atoms with Crippen molar-refractivity contribution in [2.45, 2.75) is 43.9 Å². The van der Waals surface area contributed by atoms with Gasteiger partial charge in [0, 0.05) is 14.1 Å². The van der Waals surface area contributed by atoms with Crippen molar-refractivity contribution in [1.29, 1.82) is 0 Å². The molecule has 0 saturated carbocycles. The number of para-hydroxylation sites is 1. The monoisotopic (exact) mass is 476 g/mol. The van der Waals surface area contributed by atoms with E-state index in [1.54, 1.807) is 11.9 Å². The van der Waals surface area contributed by atoms with Crippen molar-refractivity contribution >= 4 is 56.3 Å². The van der Waals surface area contributed by atoms with Gasteiger partial charge in [0.25, 0.3) is 0 Å². The molecule has 2 saturated heterocycles. The Kier molecular flexibility index (Phi) is 6.99. The first-order valence-corrected chi connectivity index (χ1v) is 12.6. The first-order chi connectivity index (χ1) is 15.4. The van der Waals surface area contributed by atoms with Gasteiger partial charge in [-0.15, -0.1) is 11.8 Å². The molecule has 1 aromatic heterocycles. The number of benzene rings is 1. The molecule has 0 radical (unpaired) electrons. The molecule has 4 amide bonds. The van der Waals surface area contributed by atoms with E-state index in [-0.39, 0.29) is 35.1 Å². The van der Waals surface area contributed by atoms with Gasteiger partial charge in [-0.05, 0) is 18.6 Å². The van der Waals surface area contributed by atoms with Gasteiger partial charge in [-0.25, -0.2) is 9.78 Å². The van der Waals surface area contributed by atoms with Crippen molar-refractivity contribution in [3.63, 3.8) is 0 Å². The van der Waals surface area contributed by atoms with Crippen molar-refractivity contribution in [2.24, 2.45) is 5.92 Å². The van der Waals surface area contributed by atoms with E-state index in [4.69, 9.17) is 0 Å². The van der Waals surface area contributed by atoms with E-state index in [1.807, 2.05) is 24.3 Å². The number of imide groups is 1. The topological polar surface area (TPSA) is 107 Å².